The summed E-state index contributed by atoms with van der Waals surface area (Å²) in [5.41, 5.74) is -2.03. The van der Waals surface area contributed by atoms with Gasteiger partial charge in [-0.3, -0.25) is 0 Å². The highest BCUT2D eigenvalue weighted by Gasteiger charge is 2.54. The van der Waals surface area contributed by atoms with Crippen molar-refractivity contribution in [2.75, 3.05) is 13.1 Å². The van der Waals surface area contributed by atoms with Crippen LogP contribution in [0.2, 0.25) is 5.02 Å². The van der Waals surface area contributed by atoms with E-state index >= 15 is 0 Å². The van der Waals surface area contributed by atoms with Crippen LogP contribution in [0.4, 0.5) is 4.39 Å². The van der Waals surface area contributed by atoms with E-state index in [0.717, 1.165) is 10.4 Å². The zero-order valence-corrected chi connectivity index (χ0v) is 17.7. The van der Waals surface area contributed by atoms with E-state index in [0.29, 0.717) is 0 Å². The van der Waals surface area contributed by atoms with E-state index in [1.165, 1.54) is 37.3 Å². The summed E-state index contributed by atoms with van der Waals surface area (Å²) in [6.07, 6.45) is -2.64. The molecule has 1 aliphatic rings. The van der Waals surface area contributed by atoms with E-state index in [-0.39, 0.29) is 33.3 Å². The van der Waals surface area contributed by atoms with Gasteiger partial charge in [-0.15, -0.1) is 0 Å². The molecule has 0 spiro atoms. The van der Waals surface area contributed by atoms with Crippen molar-refractivity contribution in [2.45, 2.75) is 29.6 Å². The molecule has 2 aromatic rings. The molecule has 1 fully saturated rings. The van der Waals surface area contributed by atoms with E-state index < -0.39 is 40.2 Å². The van der Waals surface area contributed by atoms with Gasteiger partial charge in [0.15, 0.2) is 0 Å². The fraction of sp³-hybridized carbons (Fsp3) is 0.300. The Bertz CT molecular complexity index is 1210. The number of hydrogen-bond donors (Lipinski definition) is 2. The summed E-state index contributed by atoms with van der Waals surface area (Å²) < 4.78 is 46.7. The lowest BCUT2D eigenvalue weighted by Crippen LogP contribution is -2.53. The largest absolute Gasteiger partial charge is 0.486 e. The van der Waals surface area contributed by atoms with Gasteiger partial charge in [0, 0.05) is 12.6 Å². The van der Waals surface area contributed by atoms with Crippen molar-refractivity contribution < 1.29 is 27.8 Å². The lowest BCUT2D eigenvalue weighted by Gasteiger charge is -2.31. The van der Waals surface area contributed by atoms with Crippen LogP contribution in [0.3, 0.4) is 0 Å². The Balaban J connectivity index is 1.94. The number of halogens is 2. The van der Waals surface area contributed by atoms with Crippen LogP contribution in [0.5, 0.6) is 5.75 Å². The summed E-state index contributed by atoms with van der Waals surface area (Å²) in [5, 5.41) is 38.7. The maximum absolute atomic E-state index is 13.9. The van der Waals surface area contributed by atoms with Crippen LogP contribution < -0.4 is 4.74 Å². The number of β-amino-alcohol motifs (C(OH)–C–C–N with tert-alkyl or cyclic N) is 1. The summed E-state index contributed by atoms with van der Waals surface area (Å²) in [7, 11) is -4.22. The van der Waals surface area contributed by atoms with Crippen LogP contribution in [0, 0.1) is 28.5 Å². The molecule has 2 aromatic carbocycles. The van der Waals surface area contributed by atoms with Crippen molar-refractivity contribution in [3.05, 3.63) is 58.4 Å². The predicted molar refractivity (Wildman–Crippen MR) is 107 cm³/mol. The van der Waals surface area contributed by atoms with Gasteiger partial charge >= 0.3 is 0 Å². The molecule has 0 aromatic heterocycles. The topological polar surface area (TPSA) is 135 Å². The minimum atomic E-state index is -4.22. The summed E-state index contributed by atoms with van der Waals surface area (Å²) in [4.78, 5) is -0.272. The summed E-state index contributed by atoms with van der Waals surface area (Å²) in [6.45, 7) is 0.412. The van der Waals surface area contributed by atoms with E-state index in [4.69, 9.17) is 26.9 Å². The highest BCUT2D eigenvalue weighted by Crippen LogP contribution is 2.35. The van der Waals surface area contributed by atoms with Crippen molar-refractivity contribution in [1.82, 2.24) is 4.31 Å². The highest BCUT2D eigenvalue weighted by atomic mass is 35.5. The predicted octanol–water partition coefficient (Wildman–Crippen LogP) is 1.79. The number of ether oxygens (including phenoxy) is 1. The van der Waals surface area contributed by atoms with Gasteiger partial charge < -0.3 is 14.9 Å². The Kier molecular flexibility index (Phi) is 6.23. The first-order chi connectivity index (χ1) is 14.5. The third-order valence-electron chi connectivity index (χ3n) is 5.10. The second kappa shape index (κ2) is 8.42. The molecule has 11 heteroatoms. The average Bonchev–Trinajstić information content (AvgIpc) is 3.06. The molecule has 3 rings (SSSR count). The van der Waals surface area contributed by atoms with Gasteiger partial charge in [0.2, 0.25) is 10.0 Å². The normalized spacial score (nSPS) is 22.5. The van der Waals surface area contributed by atoms with Crippen molar-refractivity contribution in [3.8, 4) is 17.9 Å². The lowest BCUT2D eigenvalue weighted by molar-refractivity contribution is -0.104. The van der Waals surface area contributed by atoms with Crippen molar-refractivity contribution in [1.29, 1.82) is 10.5 Å². The van der Waals surface area contributed by atoms with Crippen LogP contribution in [0.1, 0.15) is 18.1 Å². The fourth-order valence-electron chi connectivity index (χ4n) is 3.26. The average molecular weight is 466 g/mol. The van der Waals surface area contributed by atoms with Gasteiger partial charge in [-0.2, -0.15) is 14.8 Å². The molecular weight excluding hydrogens is 449 g/mol. The number of aliphatic hydroxyl groups excluding tert-OH is 1. The monoisotopic (exact) mass is 465 g/mol. The fourth-order valence-corrected chi connectivity index (χ4v) is 5.26. The second-order valence-corrected chi connectivity index (χ2v) is 9.40. The molecule has 1 saturated heterocycles. The lowest BCUT2D eigenvalue weighted by atomic mass is 9.94. The van der Waals surface area contributed by atoms with Gasteiger partial charge in [-0.05, 0) is 37.3 Å². The molecular formula is C20H17ClFN3O5S. The Morgan fingerprint density at radius 1 is 1.29 bits per heavy atom. The van der Waals surface area contributed by atoms with Gasteiger partial charge in [0.1, 0.15) is 34.2 Å². The van der Waals surface area contributed by atoms with Crippen molar-refractivity contribution in [3.63, 3.8) is 0 Å². The molecule has 0 unspecified atom stereocenters. The van der Waals surface area contributed by atoms with Crippen LogP contribution in [0.15, 0.2) is 41.3 Å². The van der Waals surface area contributed by atoms with E-state index in [2.05, 4.69) is 0 Å². The molecule has 162 valence electrons. The number of benzene rings is 2. The molecule has 1 heterocycles. The summed E-state index contributed by atoms with van der Waals surface area (Å²) in [6, 6.07) is 10.6. The molecule has 0 bridgehead atoms. The number of hydrogen-bond acceptors (Lipinski definition) is 7. The minimum Gasteiger partial charge on any atom is -0.486 e. The molecule has 3 atom stereocenters. The Hall–Kier alpha value is -2.73. The zero-order chi connectivity index (χ0) is 23.0. The van der Waals surface area contributed by atoms with E-state index in [1.54, 1.807) is 6.07 Å². The molecule has 1 aliphatic heterocycles. The summed E-state index contributed by atoms with van der Waals surface area (Å²) >= 11 is 6.05. The summed E-state index contributed by atoms with van der Waals surface area (Å²) in [5.74, 6) is -0.886. The SMILES string of the molecule is C[C@H](O)[C@]1(O)CN(S(=O)(=O)c2ccc(C#N)cc2Cl)C[C@@H]1Oc1ccc(C#N)c(F)c1. The molecule has 0 radical (unpaired) electrons. The number of aliphatic hydroxyl groups is 2. The maximum Gasteiger partial charge on any atom is 0.244 e. The maximum atomic E-state index is 13.9. The first-order valence-corrected chi connectivity index (χ1v) is 10.8. The third-order valence-corrected chi connectivity index (χ3v) is 7.39. The molecule has 0 aliphatic carbocycles. The Morgan fingerprint density at radius 3 is 2.55 bits per heavy atom. The molecule has 31 heavy (non-hydrogen) atoms. The van der Waals surface area contributed by atoms with Gasteiger partial charge in [0.05, 0.1) is 34.9 Å². The Morgan fingerprint density at radius 2 is 2.00 bits per heavy atom. The van der Waals surface area contributed by atoms with Crippen molar-refractivity contribution >= 4 is 21.6 Å². The van der Waals surface area contributed by atoms with Crippen LogP contribution in [0.25, 0.3) is 0 Å². The van der Waals surface area contributed by atoms with Gasteiger partial charge in [0.25, 0.3) is 0 Å². The molecule has 2 N–H and O–H groups in total. The van der Waals surface area contributed by atoms with Crippen LogP contribution in [-0.4, -0.2) is 53.8 Å². The molecule has 8 nitrogen and oxygen atoms in total. The molecule has 0 saturated carbocycles. The van der Waals surface area contributed by atoms with E-state index in [1.807, 2.05) is 6.07 Å². The van der Waals surface area contributed by atoms with Crippen LogP contribution in [-0.2, 0) is 10.0 Å². The van der Waals surface area contributed by atoms with Crippen molar-refractivity contribution in [2.24, 2.45) is 0 Å². The number of nitrogens with zero attached hydrogens (tertiary/aromatic N) is 3. The standard InChI is InChI=1S/C20H17ClFN3O5S/c1-12(26)20(27)11-25(31(28,29)18-5-2-13(8-23)6-16(18)21)10-19(20)30-15-4-3-14(9-24)17(22)7-15/h2-7,12,19,26-27H,10-11H2,1H3/t12-,19-,20+/m0/s1. The third kappa shape index (κ3) is 4.22. The van der Waals surface area contributed by atoms with Gasteiger partial charge in [-0.25, -0.2) is 12.8 Å². The first-order valence-electron chi connectivity index (χ1n) is 8.99. The Labute approximate surface area is 183 Å². The second-order valence-electron chi connectivity index (χ2n) is 7.08. The molecule has 0 amide bonds. The smallest absolute Gasteiger partial charge is 0.244 e. The number of nitriles is 2. The minimum absolute atomic E-state index is 0.0452. The van der Waals surface area contributed by atoms with Gasteiger partial charge in [-0.1, -0.05) is 11.6 Å². The first kappa shape index (κ1) is 22.9. The van der Waals surface area contributed by atoms with E-state index in [9.17, 15) is 23.0 Å². The number of sulfonamides is 1. The zero-order valence-electron chi connectivity index (χ0n) is 16.2. The van der Waals surface area contributed by atoms with Crippen LogP contribution >= 0.6 is 11.6 Å². The number of rotatable bonds is 5. The highest BCUT2D eigenvalue weighted by molar-refractivity contribution is 7.89. The quantitative estimate of drug-likeness (QED) is 0.687.